The Morgan fingerprint density at radius 3 is 2.41 bits per heavy atom. The Labute approximate surface area is 170 Å². The van der Waals surface area contributed by atoms with Crippen molar-refractivity contribution in [2.24, 2.45) is 0 Å². The van der Waals surface area contributed by atoms with E-state index < -0.39 is 0 Å². The van der Waals surface area contributed by atoms with Gasteiger partial charge in [-0.25, -0.2) is 4.79 Å². The zero-order chi connectivity index (χ0) is 19.3. The van der Waals surface area contributed by atoms with Crippen molar-refractivity contribution < 1.29 is 4.79 Å². The van der Waals surface area contributed by atoms with E-state index in [0.717, 1.165) is 17.8 Å². The van der Waals surface area contributed by atoms with Crippen LogP contribution in [0.3, 0.4) is 0 Å². The second kappa shape index (κ2) is 12.7. The molecule has 2 N–H and O–H groups in total. The number of carbonyl (C=O) groups is 1. The number of nitrogens with zero attached hydrogens (tertiary/aromatic N) is 2. The van der Waals surface area contributed by atoms with E-state index in [1.807, 2.05) is 0 Å². The lowest BCUT2D eigenvalue weighted by Crippen LogP contribution is -2.19. The first-order chi connectivity index (χ1) is 13.2. The average Bonchev–Trinajstić information content (AvgIpc) is 3.07. The van der Waals surface area contributed by atoms with Crippen LogP contribution < -0.4 is 10.6 Å². The summed E-state index contributed by atoms with van der Waals surface area (Å²) in [6.45, 7) is 2.25. The highest BCUT2D eigenvalue weighted by molar-refractivity contribution is 7.15. The van der Waals surface area contributed by atoms with Gasteiger partial charge < -0.3 is 5.32 Å². The molecule has 0 saturated carbocycles. The van der Waals surface area contributed by atoms with Gasteiger partial charge in [0.2, 0.25) is 5.13 Å². The maximum atomic E-state index is 12.0. The largest absolute Gasteiger partial charge is 0.325 e. The van der Waals surface area contributed by atoms with Gasteiger partial charge in [-0.1, -0.05) is 87.3 Å². The van der Waals surface area contributed by atoms with Crippen LogP contribution in [0.2, 0.25) is 5.02 Å². The summed E-state index contributed by atoms with van der Waals surface area (Å²) in [5.74, 6) is 0. The molecule has 0 spiro atoms. The van der Waals surface area contributed by atoms with Gasteiger partial charge in [-0.3, -0.25) is 5.32 Å². The highest BCUT2D eigenvalue weighted by atomic mass is 35.5. The molecule has 148 valence electrons. The second-order valence-electron chi connectivity index (χ2n) is 6.67. The molecule has 0 unspecified atom stereocenters. The van der Waals surface area contributed by atoms with Crippen LogP contribution in [0.1, 0.15) is 69.7 Å². The van der Waals surface area contributed by atoms with Crippen LogP contribution in [0.25, 0.3) is 0 Å². The summed E-state index contributed by atoms with van der Waals surface area (Å²) in [6, 6.07) is 6.67. The molecule has 0 aliphatic heterocycles. The van der Waals surface area contributed by atoms with Gasteiger partial charge in [-0.05, 0) is 24.6 Å². The van der Waals surface area contributed by atoms with Crippen LogP contribution in [-0.2, 0) is 6.42 Å². The van der Waals surface area contributed by atoms with Gasteiger partial charge in [0, 0.05) is 17.1 Å². The molecule has 5 nitrogen and oxygen atoms in total. The molecule has 0 aliphatic rings. The Bertz CT molecular complexity index is 692. The first-order valence-corrected chi connectivity index (χ1v) is 11.0. The minimum absolute atomic E-state index is 0.344. The molecule has 0 fully saturated rings. The third-order valence-electron chi connectivity index (χ3n) is 4.26. The molecule has 27 heavy (non-hydrogen) atoms. The lowest BCUT2D eigenvalue weighted by molar-refractivity contribution is 0.262. The van der Waals surface area contributed by atoms with Crippen LogP contribution in [0.15, 0.2) is 24.3 Å². The van der Waals surface area contributed by atoms with Gasteiger partial charge in [0.1, 0.15) is 5.01 Å². The molecule has 2 rings (SSSR count). The van der Waals surface area contributed by atoms with Gasteiger partial charge in [0.05, 0.1) is 0 Å². The van der Waals surface area contributed by atoms with E-state index in [0.29, 0.717) is 15.8 Å². The number of urea groups is 1. The zero-order valence-electron chi connectivity index (χ0n) is 16.0. The van der Waals surface area contributed by atoms with Gasteiger partial charge in [-0.15, -0.1) is 10.2 Å². The maximum absolute atomic E-state index is 12.0. The molecular weight excluding hydrogens is 380 g/mol. The van der Waals surface area contributed by atoms with Crippen molar-refractivity contribution in [1.29, 1.82) is 0 Å². The molecule has 1 heterocycles. The molecule has 2 amide bonds. The highest BCUT2D eigenvalue weighted by Gasteiger charge is 2.08. The number of rotatable bonds is 12. The fourth-order valence-electron chi connectivity index (χ4n) is 2.82. The van der Waals surface area contributed by atoms with Crippen molar-refractivity contribution in [1.82, 2.24) is 10.2 Å². The summed E-state index contributed by atoms with van der Waals surface area (Å²) >= 11 is 7.34. The molecule has 0 bridgehead atoms. The average molecular weight is 409 g/mol. The fourth-order valence-corrected chi connectivity index (χ4v) is 3.78. The summed E-state index contributed by atoms with van der Waals surface area (Å²) in [5, 5.41) is 15.7. The normalized spacial score (nSPS) is 10.7. The molecular formula is C20H29ClN4OS. The van der Waals surface area contributed by atoms with E-state index >= 15 is 0 Å². The summed E-state index contributed by atoms with van der Waals surface area (Å²) < 4.78 is 0. The van der Waals surface area contributed by atoms with Crippen molar-refractivity contribution in [2.75, 3.05) is 10.6 Å². The highest BCUT2D eigenvalue weighted by Crippen LogP contribution is 2.19. The van der Waals surface area contributed by atoms with Crippen molar-refractivity contribution in [3.05, 3.63) is 34.3 Å². The third kappa shape index (κ3) is 9.20. The number of unbranched alkanes of at least 4 members (excludes halogenated alkanes) is 8. The van der Waals surface area contributed by atoms with Gasteiger partial charge in [-0.2, -0.15) is 0 Å². The minimum atomic E-state index is -0.344. The number of carbonyl (C=O) groups excluding carboxylic acids is 1. The Morgan fingerprint density at radius 1 is 1.00 bits per heavy atom. The zero-order valence-corrected chi connectivity index (χ0v) is 17.5. The molecule has 0 atom stereocenters. The lowest BCUT2D eigenvalue weighted by Gasteiger charge is -2.04. The molecule has 0 radical (unpaired) electrons. The van der Waals surface area contributed by atoms with Crippen LogP contribution in [0.4, 0.5) is 15.6 Å². The number of halogens is 1. The van der Waals surface area contributed by atoms with Crippen LogP contribution >= 0.6 is 22.9 Å². The maximum Gasteiger partial charge on any atom is 0.325 e. The fraction of sp³-hybridized carbons (Fsp3) is 0.550. The van der Waals surface area contributed by atoms with Crippen molar-refractivity contribution in [3.63, 3.8) is 0 Å². The van der Waals surface area contributed by atoms with Crippen molar-refractivity contribution in [2.45, 2.75) is 71.1 Å². The molecule has 0 saturated heterocycles. The Balaban J connectivity index is 1.59. The SMILES string of the molecule is CCCCCCCCCCCc1nnc(NC(=O)Nc2cccc(Cl)c2)s1. The van der Waals surface area contributed by atoms with Crippen LogP contribution in [-0.4, -0.2) is 16.2 Å². The van der Waals surface area contributed by atoms with Crippen LogP contribution in [0.5, 0.6) is 0 Å². The predicted octanol–water partition coefficient (Wildman–Crippen LogP) is 6.91. The summed E-state index contributed by atoms with van der Waals surface area (Å²) in [6.07, 6.45) is 12.7. The Hall–Kier alpha value is -1.66. The second-order valence-corrected chi connectivity index (χ2v) is 8.17. The topological polar surface area (TPSA) is 66.9 Å². The number of benzene rings is 1. The summed E-state index contributed by atoms with van der Waals surface area (Å²) in [4.78, 5) is 12.0. The monoisotopic (exact) mass is 408 g/mol. The third-order valence-corrected chi connectivity index (χ3v) is 5.40. The first-order valence-electron chi connectivity index (χ1n) is 9.83. The quantitative estimate of drug-likeness (QED) is 0.375. The summed E-state index contributed by atoms with van der Waals surface area (Å²) in [7, 11) is 0. The van der Waals surface area contributed by atoms with E-state index in [1.54, 1.807) is 24.3 Å². The predicted molar refractivity (Wildman–Crippen MR) is 115 cm³/mol. The minimum Gasteiger partial charge on any atom is -0.308 e. The number of hydrogen-bond acceptors (Lipinski definition) is 4. The molecule has 7 heteroatoms. The smallest absolute Gasteiger partial charge is 0.308 e. The van der Waals surface area contributed by atoms with E-state index in [9.17, 15) is 4.79 Å². The lowest BCUT2D eigenvalue weighted by atomic mass is 10.1. The van der Waals surface area contributed by atoms with E-state index in [-0.39, 0.29) is 6.03 Å². The number of amides is 2. The van der Waals surface area contributed by atoms with Crippen molar-refractivity contribution >= 4 is 39.8 Å². The number of nitrogens with one attached hydrogen (secondary N) is 2. The molecule has 2 aromatic rings. The van der Waals surface area contributed by atoms with E-state index in [2.05, 4.69) is 27.8 Å². The molecule has 1 aromatic carbocycles. The number of anilines is 2. The van der Waals surface area contributed by atoms with E-state index in [1.165, 1.54) is 62.7 Å². The Kier molecular flexibility index (Phi) is 10.2. The van der Waals surface area contributed by atoms with Gasteiger partial charge in [0.25, 0.3) is 0 Å². The number of aromatic nitrogens is 2. The molecule has 0 aliphatic carbocycles. The summed E-state index contributed by atoms with van der Waals surface area (Å²) in [5.41, 5.74) is 0.638. The Morgan fingerprint density at radius 2 is 1.70 bits per heavy atom. The first kappa shape index (κ1) is 21.6. The van der Waals surface area contributed by atoms with Gasteiger partial charge >= 0.3 is 6.03 Å². The van der Waals surface area contributed by atoms with Gasteiger partial charge in [0.15, 0.2) is 0 Å². The number of aryl methyl sites for hydroxylation is 1. The standard InChI is InChI=1S/C20H29ClN4OS/c1-2-3-4-5-6-7-8-9-10-14-18-24-25-20(27-18)23-19(26)22-17-13-11-12-16(21)15-17/h11-13,15H,2-10,14H2,1H3,(H2,22,23,25,26). The van der Waals surface area contributed by atoms with Crippen molar-refractivity contribution in [3.8, 4) is 0 Å². The van der Waals surface area contributed by atoms with E-state index in [4.69, 9.17) is 11.6 Å². The number of hydrogen-bond donors (Lipinski definition) is 2. The molecule has 1 aromatic heterocycles. The van der Waals surface area contributed by atoms with Crippen LogP contribution in [0, 0.1) is 0 Å².